The summed E-state index contributed by atoms with van der Waals surface area (Å²) < 4.78 is 5.64. The largest absolute Gasteiger partial charge is 0.353 e. The van der Waals surface area contributed by atoms with Crippen LogP contribution in [0.5, 0.6) is 0 Å². The Morgan fingerprint density at radius 1 is 1.03 bits per heavy atom. The van der Waals surface area contributed by atoms with Gasteiger partial charge in [-0.2, -0.15) is 0 Å². The van der Waals surface area contributed by atoms with Crippen LogP contribution in [0.15, 0.2) is 60.7 Å². The van der Waals surface area contributed by atoms with E-state index in [-0.39, 0.29) is 30.3 Å². The second-order valence-corrected chi connectivity index (χ2v) is 7.53. The van der Waals surface area contributed by atoms with Gasteiger partial charge in [0.25, 0.3) is 0 Å². The SMILES string of the molecule is CC1OC2CCC(C)N2C(=O)[C@H]1N.O=CNC(c1ccccc1)c1ccccc1. The standard InChI is InChI=1S/C14H13NO.C9H16N2O2/c16-11-15-14(12-7-3-1-4-8-12)13-9-5-2-6-10-13;1-5-3-4-7-11(5)9(12)8(10)6(2)13-7/h1-11,14H,(H,15,16);5-8H,3-4,10H2,1-2H3/t;5?,6?,7?,8-/m.0/s1. The molecule has 6 heteroatoms. The topological polar surface area (TPSA) is 84.7 Å². The predicted molar refractivity (Wildman–Crippen MR) is 112 cm³/mol. The monoisotopic (exact) mass is 395 g/mol. The fraction of sp³-hybridized carbons (Fsp3) is 0.391. The number of rotatable bonds is 4. The van der Waals surface area contributed by atoms with Crippen molar-refractivity contribution in [1.82, 2.24) is 10.2 Å². The molecule has 0 radical (unpaired) electrons. The van der Waals surface area contributed by atoms with E-state index in [9.17, 15) is 9.59 Å². The molecule has 2 aliphatic rings. The van der Waals surface area contributed by atoms with Gasteiger partial charge in [0.2, 0.25) is 12.3 Å². The summed E-state index contributed by atoms with van der Waals surface area (Å²) in [5.74, 6) is 0.0498. The summed E-state index contributed by atoms with van der Waals surface area (Å²) >= 11 is 0. The van der Waals surface area contributed by atoms with Crippen LogP contribution >= 0.6 is 0 Å². The quantitative estimate of drug-likeness (QED) is 0.780. The van der Waals surface area contributed by atoms with Crippen molar-refractivity contribution >= 4 is 12.3 Å². The number of carbonyl (C=O) groups excluding carboxylic acids is 2. The van der Waals surface area contributed by atoms with E-state index in [0.717, 1.165) is 30.4 Å². The van der Waals surface area contributed by atoms with Crippen LogP contribution in [-0.4, -0.2) is 41.6 Å². The summed E-state index contributed by atoms with van der Waals surface area (Å²) in [5, 5.41) is 2.83. The number of fused-ring (bicyclic) bond motifs is 1. The van der Waals surface area contributed by atoms with E-state index >= 15 is 0 Å². The second-order valence-electron chi connectivity index (χ2n) is 7.53. The van der Waals surface area contributed by atoms with Gasteiger partial charge in [0.05, 0.1) is 12.1 Å². The van der Waals surface area contributed by atoms with Crippen molar-refractivity contribution < 1.29 is 14.3 Å². The molecule has 4 rings (SSSR count). The first kappa shape index (κ1) is 21.0. The number of carbonyl (C=O) groups is 2. The van der Waals surface area contributed by atoms with Crippen molar-refractivity contribution in [2.24, 2.45) is 5.73 Å². The highest BCUT2D eigenvalue weighted by Gasteiger charge is 2.44. The predicted octanol–water partition coefficient (Wildman–Crippen LogP) is 2.59. The van der Waals surface area contributed by atoms with Crippen molar-refractivity contribution in [2.75, 3.05) is 0 Å². The smallest absolute Gasteiger partial charge is 0.244 e. The van der Waals surface area contributed by atoms with E-state index in [1.165, 1.54) is 0 Å². The van der Waals surface area contributed by atoms with Crippen LogP contribution in [0.25, 0.3) is 0 Å². The molecule has 2 aromatic rings. The normalized spacial score (nSPS) is 25.8. The van der Waals surface area contributed by atoms with Crippen LogP contribution in [0.2, 0.25) is 0 Å². The van der Waals surface area contributed by atoms with Crippen LogP contribution < -0.4 is 11.1 Å². The Morgan fingerprint density at radius 3 is 2.10 bits per heavy atom. The molecule has 4 atom stereocenters. The van der Waals surface area contributed by atoms with E-state index in [1.54, 1.807) is 4.90 Å². The summed E-state index contributed by atoms with van der Waals surface area (Å²) in [4.78, 5) is 24.2. The molecular formula is C23H29N3O3. The van der Waals surface area contributed by atoms with Crippen molar-refractivity contribution in [1.29, 1.82) is 0 Å². The van der Waals surface area contributed by atoms with Crippen LogP contribution in [0.1, 0.15) is 43.9 Å². The van der Waals surface area contributed by atoms with Gasteiger partial charge in [-0.05, 0) is 37.8 Å². The van der Waals surface area contributed by atoms with Gasteiger partial charge in [0, 0.05) is 6.04 Å². The number of hydrogen-bond acceptors (Lipinski definition) is 4. The van der Waals surface area contributed by atoms with Crippen molar-refractivity contribution in [3.05, 3.63) is 71.8 Å². The molecule has 0 aromatic heterocycles. The average molecular weight is 396 g/mol. The fourth-order valence-electron chi connectivity index (χ4n) is 3.89. The van der Waals surface area contributed by atoms with E-state index < -0.39 is 6.04 Å². The van der Waals surface area contributed by atoms with E-state index in [4.69, 9.17) is 10.5 Å². The van der Waals surface area contributed by atoms with Crippen LogP contribution in [0.4, 0.5) is 0 Å². The van der Waals surface area contributed by atoms with Gasteiger partial charge in [-0.3, -0.25) is 9.59 Å². The lowest BCUT2D eigenvalue weighted by Crippen LogP contribution is -2.59. The van der Waals surface area contributed by atoms with E-state index in [0.29, 0.717) is 0 Å². The molecule has 0 saturated carbocycles. The first-order valence-corrected chi connectivity index (χ1v) is 10.1. The average Bonchev–Trinajstić information content (AvgIpc) is 3.12. The third kappa shape index (κ3) is 4.83. The summed E-state index contributed by atoms with van der Waals surface area (Å²) in [6.45, 7) is 3.91. The lowest BCUT2D eigenvalue weighted by Gasteiger charge is -2.39. The van der Waals surface area contributed by atoms with Crippen molar-refractivity contribution in [3.63, 3.8) is 0 Å². The lowest BCUT2D eigenvalue weighted by atomic mass is 9.99. The Bertz CT molecular complexity index is 760. The summed E-state index contributed by atoms with van der Waals surface area (Å²) in [6.07, 6.45) is 2.56. The van der Waals surface area contributed by atoms with Crippen LogP contribution in [0, 0.1) is 0 Å². The molecule has 3 N–H and O–H groups in total. The Labute approximate surface area is 172 Å². The number of amides is 2. The van der Waals surface area contributed by atoms with Gasteiger partial charge >= 0.3 is 0 Å². The van der Waals surface area contributed by atoms with E-state index in [2.05, 4.69) is 5.32 Å². The highest BCUT2D eigenvalue weighted by Crippen LogP contribution is 2.30. The zero-order chi connectivity index (χ0) is 20.8. The highest BCUT2D eigenvalue weighted by atomic mass is 16.5. The Balaban J connectivity index is 0.000000169. The van der Waals surface area contributed by atoms with Gasteiger partial charge < -0.3 is 20.7 Å². The highest BCUT2D eigenvalue weighted by molar-refractivity contribution is 5.83. The zero-order valence-corrected chi connectivity index (χ0v) is 16.9. The van der Waals surface area contributed by atoms with Gasteiger partial charge in [-0.1, -0.05) is 60.7 Å². The lowest BCUT2D eigenvalue weighted by molar-refractivity contribution is -0.172. The summed E-state index contributed by atoms with van der Waals surface area (Å²) in [7, 11) is 0. The molecular weight excluding hydrogens is 366 g/mol. The third-order valence-electron chi connectivity index (χ3n) is 5.53. The maximum Gasteiger partial charge on any atom is 0.244 e. The molecule has 6 nitrogen and oxygen atoms in total. The molecule has 0 spiro atoms. The molecule has 2 fully saturated rings. The first-order chi connectivity index (χ1) is 14.0. The van der Waals surface area contributed by atoms with Crippen molar-refractivity contribution in [3.8, 4) is 0 Å². The molecule has 29 heavy (non-hydrogen) atoms. The Hall–Kier alpha value is -2.70. The molecule has 3 unspecified atom stereocenters. The molecule has 154 valence electrons. The molecule has 2 amide bonds. The maximum atomic E-state index is 11.7. The molecule has 2 aliphatic heterocycles. The Kier molecular flexibility index (Phi) is 7.01. The minimum absolute atomic E-state index is 0.0164. The van der Waals surface area contributed by atoms with Gasteiger partial charge in [0.1, 0.15) is 12.3 Å². The molecule has 0 aliphatic carbocycles. The number of ether oxygens (including phenoxy) is 1. The first-order valence-electron chi connectivity index (χ1n) is 10.1. The van der Waals surface area contributed by atoms with Crippen LogP contribution in [0.3, 0.4) is 0 Å². The summed E-state index contributed by atoms with van der Waals surface area (Å²) in [6, 6.07) is 19.6. The number of hydrogen-bond donors (Lipinski definition) is 2. The maximum absolute atomic E-state index is 11.7. The summed E-state index contributed by atoms with van der Waals surface area (Å²) in [5.41, 5.74) is 7.89. The fourth-order valence-corrected chi connectivity index (χ4v) is 3.89. The minimum atomic E-state index is -0.475. The van der Waals surface area contributed by atoms with Gasteiger partial charge in [-0.15, -0.1) is 0 Å². The third-order valence-corrected chi connectivity index (χ3v) is 5.53. The minimum Gasteiger partial charge on any atom is -0.353 e. The second kappa shape index (κ2) is 9.67. The van der Waals surface area contributed by atoms with Crippen molar-refractivity contribution in [2.45, 2.75) is 57.1 Å². The number of benzene rings is 2. The molecule has 2 heterocycles. The number of nitrogens with two attached hydrogens (primary N) is 1. The van der Waals surface area contributed by atoms with Gasteiger partial charge in [0.15, 0.2) is 0 Å². The molecule has 0 bridgehead atoms. The van der Waals surface area contributed by atoms with Crippen LogP contribution in [-0.2, 0) is 14.3 Å². The molecule has 2 saturated heterocycles. The number of nitrogens with one attached hydrogen (secondary N) is 1. The van der Waals surface area contributed by atoms with Gasteiger partial charge in [-0.25, -0.2) is 0 Å². The number of nitrogens with zero attached hydrogens (tertiary/aromatic N) is 1. The zero-order valence-electron chi connectivity index (χ0n) is 16.9. The molecule has 2 aromatic carbocycles. The Morgan fingerprint density at radius 2 is 1.59 bits per heavy atom. The van der Waals surface area contributed by atoms with E-state index in [1.807, 2.05) is 74.5 Å².